The highest BCUT2D eigenvalue weighted by Gasteiger charge is 2.12. The van der Waals surface area contributed by atoms with Crippen molar-refractivity contribution >= 4 is 11.9 Å². The third-order valence-corrected chi connectivity index (χ3v) is 3.30. The van der Waals surface area contributed by atoms with Gasteiger partial charge in [0.05, 0.1) is 18.5 Å². The van der Waals surface area contributed by atoms with E-state index in [9.17, 15) is 0 Å². The summed E-state index contributed by atoms with van der Waals surface area (Å²) in [6.07, 6.45) is 9.52. The van der Waals surface area contributed by atoms with Gasteiger partial charge in [-0.1, -0.05) is 30.2 Å². The zero-order chi connectivity index (χ0) is 17.9. The number of hydrazone groups is 1. The predicted molar refractivity (Wildman–Crippen MR) is 103 cm³/mol. The molecule has 0 fully saturated rings. The Morgan fingerprint density at radius 3 is 2.72 bits per heavy atom. The number of allylic oxidation sites excluding steroid dienone is 1. The van der Waals surface area contributed by atoms with Crippen LogP contribution in [0.3, 0.4) is 0 Å². The van der Waals surface area contributed by atoms with E-state index in [1.54, 1.807) is 6.21 Å². The van der Waals surface area contributed by atoms with E-state index in [1.807, 2.05) is 55.5 Å². The van der Waals surface area contributed by atoms with Crippen LogP contribution in [-0.2, 0) is 6.42 Å². The van der Waals surface area contributed by atoms with Gasteiger partial charge in [0.15, 0.2) is 11.5 Å². The van der Waals surface area contributed by atoms with E-state index in [2.05, 4.69) is 23.0 Å². The molecule has 2 aromatic rings. The van der Waals surface area contributed by atoms with Gasteiger partial charge in [-0.05, 0) is 43.2 Å². The molecular weight excluding hydrogens is 312 g/mol. The Hall–Kier alpha value is -3.19. The van der Waals surface area contributed by atoms with E-state index >= 15 is 0 Å². The molecule has 0 unspecified atom stereocenters. The van der Waals surface area contributed by atoms with E-state index in [-0.39, 0.29) is 6.61 Å². The van der Waals surface area contributed by atoms with Crippen LogP contribution in [0.4, 0.5) is 5.69 Å². The Kier molecular flexibility index (Phi) is 7.14. The molecule has 0 saturated heterocycles. The summed E-state index contributed by atoms with van der Waals surface area (Å²) < 4.78 is 11.4. The maximum atomic E-state index is 5.72. The highest BCUT2D eigenvalue weighted by molar-refractivity contribution is 5.82. The van der Waals surface area contributed by atoms with Gasteiger partial charge in [-0.15, -0.1) is 13.0 Å². The molecule has 0 aliphatic heterocycles. The molecule has 0 spiro atoms. The van der Waals surface area contributed by atoms with Crippen LogP contribution in [0.5, 0.6) is 11.5 Å². The quantitative estimate of drug-likeness (QED) is 0.322. The molecule has 2 rings (SSSR count). The molecule has 0 radical (unpaired) electrons. The number of para-hydroxylation sites is 1. The number of rotatable bonds is 9. The lowest BCUT2D eigenvalue weighted by Crippen LogP contribution is -2.04. The standard InChI is InChI=1S/C21H22N2O2/c1-4-10-18-14-17(16-22-23-19-11-8-7-9-12-19)15-20(24-6-3)21(18)25-13-5-2/h2,4,7-9,11-12,14-16,23H,1,6,10,13H2,3H3. The monoisotopic (exact) mass is 334 g/mol. The summed E-state index contributed by atoms with van der Waals surface area (Å²) in [5.74, 6) is 3.79. The lowest BCUT2D eigenvalue weighted by molar-refractivity contribution is 0.297. The number of anilines is 1. The first kappa shape index (κ1) is 18.2. The van der Waals surface area contributed by atoms with E-state index in [1.165, 1.54) is 0 Å². The summed E-state index contributed by atoms with van der Waals surface area (Å²) in [7, 11) is 0. The van der Waals surface area contributed by atoms with Crippen molar-refractivity contribution in [1.29, 1.82) is 0 Å². The lowest BCUT2D eigenvalue weighted by atomic mass is 10.1. The first-order valence-corrected chi connectivity index (χ1v) is 8.09. The maximum absolute atomic E-state index is 5.72. The molecule has 4 heteroatoms. The van der Waals surface area contributed by atoms with Crippen molar-refractivity contribution in [3.63, 3.8) is 0 Å². The van der Waals surface area contributed by atoms with Crippen LogP contribution >= 0.6 is 0 Å². The van der Waals surface area contributed by atoms with E-state index < -0.39 is 0 Å². The van der Waals surface area contributed by atoms with Gasteiger partial charge in [0, 0.05) is 5.56 Å². The van der Waals surface area contributed by atoms with Crippen LogP contribution in [0.2, 0.25) is 0 Å². The summed E-state index contributed by atoms with van der Waals surface area (Å²) in [6.45, 7) is 6.45. The van der Waals surface area contributed by atoms with Gasteiger partial charge in [0.25, 0.3) is 0 Å². The Labute approximate surface area is 149 Å². The van der Waals surface area contributed by atoms with Crippen molar-refractivity contribution in [1.82, 2.24) is 0 Å². The summed E-state index contributed by atoms with van der Waals surface area (Å²) in [5.41, 5.74) is 5.77. The highest BCUT2D eigenvalue weighted by atomic mass is 16.5. The SMILES string of the molecule is C#CCOc1c(CC=C)cc(C=NNc2ccccc2)cc1OCC. The summed E-state index contributed by atoms with van der Waals surface area (Å²) >= 11 is 0. The number of hydrogen-bond acceptors (Lipinski definition) is 4. The molecule has 4 nitrogen and oxygen atoms in total. The van der Waals surface area contributed by atoms with Crippen molar-refractivity contribution in [3.05, 3.63) is 66.2 Å². The normalized spacial score (nSPS) is 10.2. The fraction of sp³-hybridized carbons (Fsp3) is 0.190. The van der Waals surface area contributed by atoms with Crippen LogP contribution < -0.4 is 14.9 Å². The number of terminal acetylenes is 1. The second kappa shape index (κ2) is 9.84. The summed E-state index contributed by atoms with van der Waals surface area (Å²) in [4.78, 5) is 0. The average molecular weight is 334 g/mol. The molecule has 0 atom stereocenters. The molecule has 25 heavy (non-hydrogen) atoms. The molecule has 0 bridgehead atoms. The van der Waals surface area contributed by atoms with Crippen LogP contribution in [0.15, 0.2) is 60.2 Å². The highest BCUT2D eigenvalue weighted by Crippen LogP contribution is 2.33. The van der Waals surface area contributed by atoms with E-state index in [4.69, 9.17) is 15.9 Å². The van der Waals surface area contributed by atoms with Crippen molar-refractivity contribution in [2.24, 2.45) is 5.10 Å². The third kappa shape index (κ3) is 5.43. The van der Waals surface area contributed by atoms with Crippen LogP contribution in [0, 0.1) is 12.3 Å². The lowest BCUT2D eigenvalue weighted by Gasteiger charge is -2.15. The molecule has 0 heterocycles. The zero-order valence-corrected chi connectivity index (χ0v) is 14.4. The Morgan fingerprint density at radius 1 is 1.24 bits per heavy atom. The van der Waals surface area contributed by atoms with Gasteiger partial charge in [0.1, 0.15) is 6.61 Å². The van der Waals surface area contributed by atoms with E-state index in [0.29, 0.717) is 24.5 Å². The second-order valence-electron chi connectivity index (χ2n) is 5.16. The van der Waals surface area contributed by atoms with Gasteiger partial charge in [-0.2, -0.15) is 5.10 Å². The molecule has 128 valence electrons. The number of nitrogens with zero attached hydrogens (tertiary/aromatic N) is 1. The Morgan fingerprint density at radius 2 is 2.04 bits per heavy atom. The fourth-order valence-corrected chi connectivity index (χ4v) is 2.30. The smallest absolute Gasteiger partial charge is 0.166 e. The van der Waals surface area contributed by atoms with Gasteiger partial charge >= 0.3 is 0 Å². The molecule has 2 aromatic carbocycles. The van der Waals surface area contributed by atoms with Gasteiger partial charge in [0.2, 0.25) is 0 Å². The zero-order valence-electron chi connectivity index (χ0n) is 14.4. The first-order chi connectivity index (χ1) is 12.3. The minimum absolute atomic E-state index is 0.188. The van der Waals surface area contributed by atoms with Gasteiger partial charge in [-0.3, -0.25) is 5.43 Å². The second-order valence-corrected chi connectivity index (χ2v) is 5.16. The van der Waals surface area contributed by atoms with Crippen molar-refractivity contribution < 1.29 is 9.47 Å². The average Bonchev–Trinajstić information content (AvgIpc) is 2.62. The molecule has 0 aromatic heterocycles. The summed E-state index contributed by atoms with van der Waals surface area (Å²) in [5, 5.41) is 4.28. The van der Waals surface area contributed by atoms with Crippen molar-refractivity contribution in [3.8, 4) is 23.8 Å². The minimum atomic E-state index is 0.188. The van der Waals surface area contributed by atoms with Gasteiger partial charge < -0.3 is 9.47 Å². The Balaban J connectivity index is 2.27. The molecule has 1 N–H and O–H groups in total. The van der Waals surface area contributed by atoms with E-state index in [0.717, 1.165) is 16.8 Å². The van der Waals surface area contributed by atoms with Crippen LogP contribution in [-0.4, -0.2) is 19.4 Å². The van der Waals surface area contributed by atoms with Crippen molar-refractivity contribution in [2.75, 3.05) is 18.6 Å². The number of benzene rings is 2. The molecular formula is C21H22N2O2. The number of nitrogens with one attached hydrogen (secondary N) is 1. The minimum Gasteiger partial charge on any atom is -0.490 e. The molecule has 0 saturated carbocycles. The predicted octanol–water partition coefficient (Wildman–Crippen LogP) is 4.27. The summed E-state index contributed by atoms with van der Waals surface area (Å²) in [6, 6.07) is 13.6. The molecule has 0 amide bonds. The topological polar surface area (TPSA) is 42.8 Å². The number of hydrogen-bond donors (Lipinski definition) is 1. The largest absolute Gasteiger partial charge is 0.490 e. The van der Waals surface area contributed by atoms with Gasteiger partial charge in [-0.25, -0.2) is 0 Å². The third-order valence-electron chi connectivity index (χ3n) is 3.30. The van der Waals surface area contributed by atoms with Crippen molar-refractivity contribution in [2.45, 2.75) is 13.3 Å². The van der Waals surface area contributed by atoms with Crippen LogP contribution in [0.1, 0.15) is 18.1 Å². The number of ether oxygens (including phenoxy) is 2. The molecule has 0 aliphatic rings. The maximum Gasteiger partial charge on any atom is 0.166 e. The van der Waals surface area contributed by atoms with Crippen LogP contribution in [0.25, 0.3) is 0 Å². The Bertz CT molecular complexity index is 761. The molecule has 0 aliphatic carbocycles. The fourth-order valence-electron chi connectivity index (χ4n) is 2.30. The first-order valence-electron chi connectivity index (χ1n) is 8.09.